The molecular weight excluding hydrogens is 435 g/mol. The van der Waals surface area contributed by atoms with Crippen LogP contribution in [0, 0.1) is 0 Å². The van der Waals surface area contributed by atoms with Gasteiger partial charge in [-0.05, 0) is 23.8 Å². The quantitative estimate of drug-likeness (QED) is 0.618. The molecule has 0 radical (unpaired) electrons. The molecule has 0 atom stereocenters. The fraction of sp³-hybridized carbons (Fsp3) is 0.250. The monoisotopic (exact) mass is 457 g/mol. The highest BCUT2D eigenvalue weighted by molar-refractivity contribution is 5.98. The van der Waals surface area contributed by atoms with Gasteiger partial charge >= 0.3 is 6.18 Å². The van der Waals surface area contributed by atoms with Crippen molar-refractivity contribution in [2.45, 2.75) is 6.18 Å². The van der Waals surface area contributed by atoms with Crippen LogP contribution in [0.5, 0.6) is 0 Å². The van der Waals surface area contributed by atoms with Crippen LogP contribution in [-0.2, 0) is 11.0 Å². The largest absolute Gasteiger partial charge is 0.459 e. The number of piperazine rings is 1. The van der Waals surface area contributed by atoms with Crippen LogP contribution in [-0.4, -0.2) is 54.3 Å². The molecule has 4 rings (SSSR count). The lowest BCUT2D eigenvalue weighted by Gasteiger charge is -2.34. The summed E-state index contributed by atoms with van der Waals surface area (Å²) in [5.74, 6) is -0.512. The van der Waals surface area contributed by atoms with Crippen LogP contribution in [0.1, 0.15) is 16.1 Å². The number of anilines is 1. The van der Waals surface area contributed by atoms with Gasteiger partial charge in [0.25, 0.3) is 5.91 Å². The van der Waals surface area contributed by atoms with Gasteiger partial charge in [0.2, 0.25) is 5.91 Å². The summed E-state index contributed by atoms with van der Waals surface area (Å²) in [4.78, 5) is 28.8. The number of para-hydroxylation sites is 1. The minimum Gasteiger partial charge on any atom is -0.459 e. The first-order valence-corrected chi connectivity index (χ1v) is 10.4. The van der Waals surface area contributed by atoms with Gasteiger partial charge in [0.15, 0.2) is 5.76 Å². The number of nitrogens with one attached hydrogen (secondary N) is 1. The first kappa shape index (κ1) is 22.6. The number of amides is 2. The zero-order valence-corrected chi connectivity index (χ0v) is 17.6. The number of halogens is 3. The molecule has 2 aromatic carbocycles. The van der Waals surface area contributed by atoms with Gasteiger partial charge in [-0.25, -0.2) is 0 Å². The first-order chi connectivity index (χ1) is 15.8. The SMILES string of the molecule is O=C(CN1CCN(C(=O)c2occc2-c2ccccc2)CC1)Nc1ccccc1C(F)(F)F. The molecule has 0 spiro atoms. The van der Waals surface area contributed by atoms with E-state index in [9.17, 15) is 22.8 Å². The second-order valence-electron chi connectivity index (χ2n) is 7.69. The van der Waals surface area contributed by atoms with E-state index in [0.717, 1.165) is 11.6 Å². The molecule has 3 aromatic rings. The number of furan rings is 1. The number of hydrogen-bond acceptors (Lipinski definition) is 4. The van der Waals surface area contributed by atoms with Crippen molar-refractivity contribution in [2.75, 3.05) is 38.0 Å². The molecule has 1 N–H and O–H groups in total. The number of rotatable bonds is 5. The third-order valence-corrected chi connectivity index (χ3v) is 5.48. The Morgan fingerprint density at radius 1 is 0.909 bits per heavy atom. The van der Waals surface area contributed by atoms with Crippen LogP contribution in [0.3, 0.4) is 0 Å². The van der Waals surface area contributed by atoms with Crippen molar-refractivity contribution in [2.24, 2.45) is 0 Å². The van der Waals surface area contributed by atoms with Gasteiger partial charge < -0.3 is 14.6 Å². The zero-order valence-electron chi connectivity index (χ0n) is 17.6. The third kappa shape index (κ3) is 5.25. The van der Waals surface area contributed by atoms with Crippen LogP contribution >= 0.6 is 0 Å². The molecule has 0 unspecified atom stereocenters. The van der Waals surface area contributed by atoms with Gasteiger partial charge in [0, 0.05) is 31.7 Å². The number of hydrogen-bond donors (Lipinski definition) is 1. The Balaban J connectivity index is 1.34. The molecule has 33 heavy (non-hydrogen) atoms. The van der Waals surface area contributed by atoms with Crippen molar-refractivity contribution >= 4 is 17.5 Å². The lowest BCUT2D eigenvalue weighted by molar-refractivity contribution is -0.137. The second kappa shape index (κ2) is 9.50. The highest BCUT2D eigenvalue weighted by Crippen LogP contribution is 2.34. The summed E-state index contributed by atoms with van der Waals surface area (Å²) < 4.78 is 44.8. The third-order valence-electron chi connectivity index (χ3n) is 5.48. The molecule has 2 amide bonds. The summed E-state index contributed by atoms with van der Waals surface area (Å²) in [6.07, 6.45) is -3.07. The van der Waals surface area contributed by atoms with Gasteiger partial charge in [0.1, 0.15) is 0 Å². The Labute approximate surface area is 188 Å². The Kier molecular flexibility index (Phi) is 6.50. The Morgan fingerprint density at radius 3 is 2.27 bits per heavy atom. The number of benzene rings is 2. The fourth-order valence-corrected chi connectivity index (χ4v) is 3.80. The lowest BCUT2D eigenvalue weighted by atomic mass is 10.1. The molecule has 1 aliphatic rings. The molecule has 9 heteroatoms. The van der Waals surface area contributed by atoms with E-state index in [1.54, 1.807) is 15.9 Å². The summed E-state index contributed by atoms with van der Waals surface area (Å²) in [5.41, 5.74) is 0.436. The van der Waals surface area contributed by atoms with Crippen molar-refractivity contribution < 1.29 is 27.2 Å². The number of nitrogens with zero attached hydrogens (tertiary/aromatic N) is 2. The highest BCUT2D eigenvalue weighted by Gasteiger charge is 2.34. The number of alkyl halides is 3. The summed E-state index contributed by atoms with van der Waals surface area (Å²) in [5, 5.41) is 2.35. The van der Waals surface area contributed by atoms with Crippen molar-refractivity contribution in [1.29, 1.82) is 0 Å². The molecule has 6 nitrogen and oxygen atoms in total. The van der Waals surface area contributed by atoms with E-state index in [-0.39, 0.29) is 23.9 Å². The van der Waals surface area contributed by atoms with Crippen molar-refractivity contribution in [3.63, 3.8) is 0 Å². The average Bonchev–Trinajstić information content (AvgIpc) is 3.29. The molecule has 1 aromatic heterocycles. The molecule has 2 heterocycles. The predicted octanol–water partition coefficient (Wildman–Crippen LogP) is 4.36. The number of carbonyl (C=O) groups is 2. The Morgan fingerprint density at radius 2 is 1.58 bits per heavy atom. The van der Waals surface area contributed by atoms with Crippen LogP contribution in [0.25, 0.3) is 11.1 Å². The topological polar surface area (TPSA) is 65.8 Å². The van der Waals surface area contributed by atoms with Gasteiger partial charge in [-0.15, -0.1) is 0 Å². The maximum Gasteiger partial charge on any atom is 0.418 e. The Hall–Kier alpha value is -3.59. The standard InChI is InChI=1S/C24H22F3N3O3/c25-24(26,27)19-8-4-5-9-20(19)28-21(31)16-29-11-13-30(14-12-29)23(32)22-18(10-15-33-22)17-6-2-1-3-7-17/h1-10,15H,11-14,16H2,(H,28,31). The summed E-state index contributed by atoms with van der Waals surface area (Å²) >= 11 is 0. The number of carbonyl (C=O) groups excluding carboxylic acids is 2. The lowest BCUT2D eigenvalue weighted by Crippen LogP contribution is -2.50. The first-order valence-electron chi connectivity index (χ1n) is 10.4. The van der Waals surface area contributed by atoms with E-state index in [4.69, 9.17) is 4.42 Å². The summed E-state index contributed by atoms with van der Waals surface area (Å²) in [6.45, 7) is 1.52. The summed E-state index contributed by atoms with van der Waals surface area (Å²) in [6, 6.07) is 16.1. The van der Waals surface area contributed by atoms with E-state index in [0.29, 0.717) is 31.7 Å². The van der Waals surface area contributed by atoms with Crippen LogP contribution < -0.4 is 5.32 Å². The highest BCUT2D eigenvalue weighted by atomic mass is 19.4. The normalized spacial score (nSPS) is 14.8. The molecule has 1 saturated heterocycles. The molecule has 1 fully saturated rings. The molecule has 0 bridgehead atoms. The van der Waals surface area contributed by atoms with Crippen molar-refractivity contribution in [3.05, 3.63) is 78.3 Å². The van der Waals surface area contributed by atoms with E-state index in [1.165, 1.54) is 24.5 Å². The Bertz CT molecular complexity index is 1120. The van der Waals surface area contributed by atoms with Crippen LogP contribution in [0.15, 0.2) is 71.3 Å². The molecule has 172 valence electrons. The van der Waals surface area contributed by atoms with Crippen molar-refractivity contribution in [3.8, 4) is 11.1 Å². The van der Waals surface area contributed by atoms with E-state index >= 15 is 0 Å². The minimum absolute atomic E-state index is 0.0652. The molecule has 1 aliphatic heterocycles. The minimum atomic E-state index is -4.56. The maximum absolute atomic E-state index is 13.1. The van der Waals surface area contributed by atoms with Gasteiger partial charge in [-0.3, -0.25) is 14.5 Å². The van der Waals surface area contributed by atoms with Crippen LogP contribution in [0.4, 0.5) is 18.9 Å². The average molecular weight is 457 g/mol. The summed E-state index contributed by atoms with van der Waals surface area (Å²) in [7, 11) is 0. The van der Waals surface area contributed by atoms with E-state index < -0.39 is 17.6 Å². The van der Waals surface area contributed by atoms with Gasteiger partial charge in [-0.2, -0.15) is 13.2 Å². The van der Waals surface area contributed by atoms with E-state index in [2.05, 4.69) is 5.32 Å². The van der Waals surface area contributed by atoms with Crippen molar-refractivity contribution in [1.82, 2.24) is 9.80 Å². The van der Waals surface area contributed by atoms with Gasteiger partial charge in [-0.1, -0.05) is 42.5 Å². The predicted molar refractivity (Wildman–Crippen MR) is 117 cm³/mol. The smallest absolute Gasteiger partial charge is 0.418 e. The van der Waals surface area contributed by atoms with Crippen LogP contribution in [0.2, 0.25) is 0 Å². The maximum atomic E-state index is 13.1. The van der Waals surface area contributed by atoms with E-state index in [1.807, 2.05) is 30.3 Å². The molecular formula is C24H22F3N3O3. The molecule has 0 saturated carbocycles. The molecule has 0 aliphatic carbocycles. The second-order valence-corrected chi connectivity index (χ2v) is 7.69. The fourth-order valence-electron chi connectivity index (χ4n) is 3.80. The zero-order chi connectivity index (χ0) is 23.4. The van der Waals surface area contributed by atoms with Gasteiger partial charge in [0.05, 0.1) is 24.1 Å².